The minimum Gasteiger partial charge on any atom is -0.492 e. The molecule has 0 saturated carbocycles. The molecule has 0 saturated heterocycles. The highest BCUT2D eigenvalue weighted by Crippen LogP contribution is 2.37. The molecule has 0 unspecified atom stereocenters. The van der Waals surface area contributed by atoms with Gasteiger partial charge in [-0.05, 0) is 18.4 Å². The van der Waals surface area contributed by atoms with E-state index in [9.17, 15) is 4.79 Å². The van der Waals surface area contributed by atoms with Gasteiger partial charge in [-0.2, -0.15) is 0 Å². The number of carbonyl (C=O) groups is 1. The number of methoxy groups -OCH3 is 1. The lowest BCUT2D eigenvalue weighted by Gasteiger charge is -2.14. The SMILES string of the molecule is CCOc1cc(C(C)(C)C)sc1C(=O)OC. The van der Waals surface area contributed by atoms with Gasteiger partial charge in [0.15, 0.2) is 4.88 Å². The summed E-state index contributed by atoms with van der Waals surface area (Å²) in [6, 6.07) is 1.93. The summed E-state index contributed by atoms with van der Waals surface area (Å²) in [4.78, 5) is 13.2. The number of ether oxygens (including phenoxy) is 2. The van der Waals surface area contributed by atoms with Crippen LogP contribution in [0.3, 0.4) is 0 Å². The lowest BCUT2D eigenvalue weighted by molar-refractivity contribution is 0.0602. The molecule has 90 valence electrons. The normalized spacial score (nSPS) is 11.3. The Hall–Kier alpha value is -1.03. The van der Waals surface area contributed by atoms with E-state index in [1.165, 1.54) is 18.4 Å². The van der Waals surface area contributed by atoms with Gasteiger partial charge in [0.1, 0.15) is 5.75 Å². The van der Waals surface area contributed by atoms with Crippen molar-refractivity contribution in [1.82, 2.24) is 0 Å². The van der Waals surface area contributed by atoms with Crippen molar-refractivity contribution in [2.45, 2.75) is 33.1 Å². The van der Waals surface area contributed by atoms with E-state index in [2.05, 4.69) is 20.8 Å². The molecule has 0 radical (unpaired) electrons. The van der Waals surface area contributed by atoms with Gasteiger partial charge >= 0.3 is 5.97 Å². The molecule has 0 bridgehead atoms. The Bertz CT molecular complexity index is 374. The summed E-state index contributed by atoms with van der Waals surface area (Å²) in [6.07, 6.45) is 0. The zero-order chi connectivity index (χ0) is 12.3. The van der Waals surface area contributed by atoms with Gasteiger partial charge in [-0.15, -0.1) is 11.3 Å². The Kier molecular flexibility index (Phi) is 3.97. The van der Waals surface area contributed by atoms with Gasteiger partial charge in [0.2, 0.25) is 0 Å². The van der Waals surface area contributed by atoms with E-state index in [0.717, 1.165) is 4.88 Å². The minimum absolute atomic E-state index is 0.0167. The Morgan fingerprint density at radius 3 is 2.50 bits per heavy atom. The minimum atomic E-state index is -0.330. The highest BCUT2D eigenvalue weighted by atomic mass is 32.1. The predicted octanol–water partition coefficient (Wildman–Crippen LogP) is 3.23. The fourth-order valence-corrected chi connectivity index (χ4v) is 2.32. The standard InChI is InChI=1S/C12H18O3S/c1-6-15-8-7-9(12(2,3)4)16-10(8)11(13)14-5/h7H,6H2,1-5H3. The van der Waals surface area contributed by atoms with Crippen molar-refractivity contribution in [3.8, 4) is 5.75 Å². The highest BCUT2D eigenvalue weighted by molar-refractivity contribution is 7.14. The van der Waals surface area contributed by atoms with Crippen LogP contribution in [0, 0.1) is 0 Å². The molecule has 16 heavy (non-hydrogen) atoms. The van der Waals surface area contributed by atoms with E-state index in [1.807, 2.05) is 13.0 Å². The Balaban J connectivity index is 3.15. The maximum Gasteiger partial charge on any atom is 0.351 e. The van der Waals surface area contributed by atoms with E-state index in [1.54, 1.807) is 0 Å². The number of hydrogen-bond donors (Lipinski definition) is 0. The molecule has 1 aromatic heterocycles. The van der Waals surface area contributed by atoms with Crippen LogP contribution in [-0.2, 0) is 10.2 Å². The second-order valence-corrected chi connectivity index (χ2v) is 5.53. The largest absolute Gasteiger partial charge is 0.492 e. The summed E-state index contributed by atoms with van der Waals surface area (Å²) in [5, 5.41) is 0. The third-order valence-electron chi connectivity index (χ3n) is 2.11. The first kappa shape index (κ1) is 13.0. The summed E-state index contributed by atoms with van der Waals surface area (Å²) in [7, 11) is 1.38. The van der Waals surface area contributed by atoms with Crippen LogP contribution in [-0.4, -0.2) is 19.7 Å². The van der Waals surface area contributed by atoms with Crippen molar-refractivity contribution >= 4 is 17.3 Å². The molecule has 0 N–H and O–H groups in total. The lowest BCUT2D eigenvalue weighted by atomic mass is 9.95. The summed E-state index contributed by atoms with van der Waals surface area (Å²) < 4.78 is 10.2. The van der Waals surface area contributed by atoms with E-state index >= 15 is 0 Å². The number of hydrogen-bond acceptors (Lipinski definition) is 4. The molecule has 0 amide bonds. The van der Waals surface area contributed by atoms with Gasteiger partial charge in [-0.3, -0.25) is 0 Å². The first-order chi connectivity index (χ1) is 7.40. The third-order valence-corrected chi connectivity index (χ3v) is 3.63. The number of thiophene rings is 1. The van der Waals surface area contributed by atoms with Gasteiger partial charge in [-0.1, -0.05) is 20.8 Å². The van der Waals surface area contributed by atoms with Crippen LogP contribution in [0.2, 0.25) is 0 Å². The molecule has 1 rings (SSSR count). The Labute approximate surface area is 100 Å². The molecule has 4 heteroatoms. The van der Waals surface area contributed by atoms with Crippen LogP contribution in [0.25, 0.3) is 0 Å². The lowest BCUT2D eigenvalue weighted by Crippen LogP contribution is -2.08. The Morgan fingerprint density at radius 1 is 1.44 bits per heavy atom. The molecular formula is C12H18O3S. The molecule has 1 aromatic rings. The fraction of sp³-hybridized carbons (Fsp3) is 0.583. The zero-order valence-electron chi connectivity index (χ0n) is 10.4. The summed E-state index contributed by atoms with van der Waals surface area (Å²) in [5.74, 6) is 0.299. The predicted molar refractivity (Wildman–Crippen MR) is 65.5 cm³/mol. The molecule has 0 fully saturated rings. The highest BCUT2D eigenvalue weighted by Gasteiger charge is 2.24. The van der Waals surface area contributed by atoms with E-state index < -0.39 is 0 Å². The molecule has 0 aliphatic rings. The first-order valence-electron chi connectivity index (χ1n) is 5.25. The number of rotatable bonds is 3. The average molecular weight is 242 g/mol. The van der Waals surface area contributed by atoms with Crippen LogP contribution >= 0.6 is 11.3 Å². The van der Waals surface area contributed by atoms with Gasteiger partial charge in [-0.25, -0.2) is 4.79 Å². The summed E-state index contributed by atoms with van der Waals surface area (Å²) in [5.41, 5.74) is 0.0167. The number of carbonyl (C=O) groups excluding carboxylic acids is 1. The van der Waals surface area contributed by atoms with Crippen molar-refractivity contribution in [3.05, 3.63) is 15.8 Å². The zero-order valence-corrected chi connectivity index (χ0v) is 11.2. The van der Waals surface area contributed by atoms with E-state index in [0.29, 0.717) is 17.2 Å². The van der Waals surface area contributed by atoms with Crippen molar-refractivity contribution in [2.75, 3.05) is 13.7 Å². The Morgan fingerprint density at radius 2 is 2.06 bits per heavy atom. The molecule has 0 aliphatic heterocycles. The van der Waals surface area contributed by atoms with Crippen LogP contribution in [0.15, 0.2) is 6.07 Å². The van der Waals surface area contributed by atoms with Crippen LogP contribution < -0.4 is 4.74 Å². The molecule has 0 atom stereocenters. The quantitative estimate of drug-likeness (QED) is 0.763. The van der Waals surface area contributed by atoms with Gasteiger partial charge in [0, 0.05) is 4.88 Å². The van der Waals surface area contributed by atoms with E-state index in [4.69, 9.17) is 9.47 Å². The second kappa shape index (κ2) is 4.87. The second-order valence-electron chi connectivity index (χ2n) is 4.48. The van der Waals surface area contributed by atoms with Crippen LogP contribution in [0.5, 0.6) is 5.75 Å². The van der Waals surface area contributed by atoms with Crippen molar-refractivity contribution in [1.29, 1.82) is 0 Å². The first-order valence-corrected chi connectivity index (χ1v) is 6.07. The topological polar surface area (TPSA) is 35.5 Å². The smallest absolute Gasteiger partial charge is 0.351 e. The van der Waals surface area contributed by atoms with E-state index in [-0.39, 0.29) is 11.4 Å². The van der Waals surface area contributed by atoms with Gasteiger partial charge in [0.05, 0.1) is 13.7 Å². The van der Waals surface area contributed by atoms with Crippen LogP contribution in [0.1, 0.15) is 42.2 Å². The van der Waals surface area contributed by atoms with Crippen molar-refractivity contribution < 1.29 is 14.3 Å². The van der Waals surface area contributed by atoms with Crippen molar-refractivity contribution in [3.63, 3.8) is 0 Å². The molecule has 1 heterocycles. The summed E-state index contributed by atoms with van der Waals surface area (Å²) >= 11 is 1.44. The fourth-order valence-electron chi connectivity index (χ4n) is 1.24. The van der Waals surface area contributed by atoms with Crippen LogP contribution in [0.4, 0.5) is 0 Å². The molecule has 0 aliphatic carbocycles. The maximum atomic E-state index is 11.6. The molecule has 0 spiro atoms. The maximum absolute atomic E-state index is 11.6. The molecule has 0 aromatic carbocycles. The molecular weight excluding hydrogens is 224 g/mol. The molecule has 3 nitrogen and oxygen atoms in total. The third kappa shape index (κ3) is 2.76. The number of esters is 1. The monoisotopic (exact) mass is 242 g/mol. The average Bonchev–Trinajstić information content (AvgIpc) is 2.61. The van der Waals surface area contributed by atoms with Gasteiger partial charge < -0.3 is 9.47 Å². The van der Waals surface area contributed by atoms with Gasteiger partial charge in [0.25, 0.3) is 0 Å². The summed E-state index contributed by atoms with van der Waals surface area (Å²) in [6.45, 7) is 8.76. The van der Waals surface area contributed by atoms with Crippen molar-refractivity contribution in [2.24, 2.45) is 0 Å².